The van der Waals surface area contributed by atoms with Gasteiger partial charge in [0.05, 0.1) is 12.1 Å². The van der Waals surface area contributed by atoms with Crippen molar-refractivity contribution in [2.24, 2.45) is 7.05 Å². The molecule has 1 heterocycles. The standard InChI is InChI=1S/C15H13F3N4O3S/c1-22-8-11(26(24,25)20-7-14(17)18)5-13(22)15(23)21-10-2-3-12(16)9(4-10)6-19/h2-5,8,14,20H,7H2,1H3,(H,21,23). The lowest BCUT2D eigenvalue weighted by Crippen LogP contribution is -2.28. The van der Waals surface area contributed by atoms with Crippen molar-refractivity contribution >= 4 is 21.6 Å². The van der Waals surface area contributed by atoms with Crippen LogP contribution in [0.2, 0.25) is 0 Å². The lowest BCUT2D eigenvalue weighted by Gasteiger charge is -2.06. The predicted octanol–water partition coefficient (Wildman–Crippen LogP) is 1.83. The molecular weight excluding hydrogens is 373 g/mol. The first-order valence-corrected chi connectivity index (χ1v) is 8.57. The predicted molar refractivity (Wildman–Crippen MR) is 85.7 cm³/mol. The molecule has 0 fully saturated rings. The van der Waals surface area contributed by atoms with Crippen molar-refractivity contribution < 1.29 is 26.4 Å². The summed E-state index contributed by atoms with van der Waals surface area (Å²) in [4.78, 5) is 11.9. The lowest BCUT2D eigenvalue weighted by molar-refractivity contribution is 0.101. The molecule has 2 rings (SSSR count). The van der Waals surface area contributed by atoms with Gasteiger partial charge in [-0.2, -0.15) is 5.26 Å². The van der Waals surface area contributed by atoms with E-state index in [-0.39, 0.29) is 21.8 Å². The molecule has 138 valence electrons. The highest BCUT2D eigenvalue weighted by Gasteiger charge is 2.21. The van der Waals surface area contributed by atoms with Gasteiger partial charge in [0.25, 0.3) is 12.3 Å². The number of sulfonamides is 1. The van der Waals surface area contributed by atoms with Crippen LogP contribution in [0.1, 0.15) is 16.1 Å². The minimum atomic E-state index is -4.20. The topological polar surface area (TPSA) is 104 Å². The van der Waals surface area contributed by atoms with E-state index in [1.807, 2.05) is 0 Å². The molecule has 0 spiro atoms. The number of halogens is 3. The fourth-order valence-corrected chi connectivity index (χ4v) is 3.12. The number of hydrogen-bond donors (Lipinski definition) is 2. The molecule has 7 nitrogen and oxygen atoms in total. The Morgan fingerprint density at radius 1 is 1.35 bits per heavy atom. The fraction of sp³-hybridized carbons (Fsp3) is 0.200. The molecule has 0 aliphatic heterocycles. The molecule has 0 aliphatic rings. The molecule has 2 aromatic rings. The zero-order valence-corrected chi connectivity index (χ0v) is 14.1. The number of nitrogens with one attached hydrogen (secondary N) is 2. The smallest absolute Gasteiger partial charge is 0.272 e. The van der Waals surface area contributed by atoms with Gasteiger partial charge in [-0.05, 0) is 24.3 Å². The van der Waals surface area contributed by atoms with Crippen LogP contribution in [0.4, 0.5) is 18.9 Å². The van der Waals surface area contributed by atoms with Gasteiger partial charge >= 0.3 is 0 Å². The second kappa shape index (κ2) is 7.59. The maximum Gasteiger partial charge on any atom is 0.272 e. The van der Waals surface area contributed by atoms with E-state index in [4.69, 9.17) is 5.26 Å². The van der Waals surface area contributed by atoms with E-state index in [1.165, 1.54) is 17.7 Å². The molecular formula is C15H13F3N4O3S. The summed E-state index contributed by atoms with van der Waals surface area (Å²) in [5, 5.41) is 11.2. The number of alkyl halides is 2. The second-order valence-electron chi connectivity index (χ2n) is 5.18. The Morgan fingerprint density at radius 3 is 2.65 bits per heavy atom. The zero-order valence-electron chi connectivity index (χ0n) is 13.3. The van der Waals surface area contributed by atoms with Gasteiger partial charge in [-0.1, -0.05) is 0 Å². The highest BCUT2D eigenvalue weighted by atomic mass is 32.2. The number of anilines is 1. The van der Waals surface area contributed by atoms with E-state index >= 15 is 0 Å². The van der Waals surface area contributed by atoms with Crippen LogP contribution in [-0.2, 0) is 17.1 Å². The van der Waals surface area contributed by atoms with E-state index in [9.17, 15) is 26.4 Å². The third kappa shape index (κ3) is 4.41. The van der Waals surface area contributed by atoms with Crippen molar-refractivity contribution in [3.8, 4) is 6.07 Å². The number of benzene rings is 1. The van der Waals surface area contributed by atoms with E-state index in [0.29, 0.717) is 0 Å². The Kier molecular flexibility index (Phi) is 5.69. The van der Waals surface area contributed by atoms with E-state index in [1.54, 1.807) is 10.8 Å². The highest BCUT2D eigenvalue weighted by Crippen LogP contribution is 2.18. The molecule has 0 radical (unpaired) electrons. The number of amides is 1. The quantitative estimate of drug-likeness (QED) is 0.790. The third-order valence-corrected chi connectivity index (χ3v) is 4.69. The van der Waals surface area contributed by atoms with Crippen LogP contribution in [0.25, 0.3) is 0 Å². The molecule has 0 unspecified atom stereocenters. The van der Waals surface area contributed by atoms with Gasteiger partial charge in [-0.3, -0.25) is 4.79 Å². The van der Waals surface area contributed by atoms with Crippen molar-refractivity contribution in [1.82, 2.24) is 9.29 Å². The van der Waals surface area contributed by atoms with Crippen LogP contribution < -0.4 is 10.0 Å². The number of aryl methyl sites for hydroxylation is 1. The molecule has 11 heteroatoms. The lowest BCUT2D eigenvalue weighted by atomic mass is 10.2. The number of nitrogens with zero attached hydrogens (tertiary/aromatic N) is 2. The van der Waals surface area contributed by atoms with Gasteiger partial charge in [0, 0.05) is 18.9 Å². The van der Waals surface area contributed by atoms with Crippen LogP contribution in [-0.4, -0.2) is 31.9 Å². The number of aromatic nitrogens is 1. The molecule has 0 saturated heterocycles. The van der Waals surface area contributed by atoms with Gasteiger partial charge in [0.1, 0.15) is 22.5 Å². The van der Waals surface area contributed by atoms with Crippen LogP contribution in [0, 0.1) is 17.1 Å². The Hall–Kier alpha value is -2.84. The van der Waals surface area contributed by atoms with Gasteiger partial charge in [-0.25, -0.2) is 26.3 Å². The SMILES string of the molecule is Cn1cc(S(=O)(=O)NCC(F)F)cc1C(=O)Nc1ccc(F)c(C#N)c1. The van der Waals surface area contributed by atoms with E-state index in [2.05, 4.69) is 5.32 Å². The molecule has 0 saturated carbocycles. The monoisotopic (exact) mass is 386 g/mol. The normalized spacial score (nSPS) is 11.4. The summed E-state index contributed by atoms with van der Waals surface area (Å²) in [5.74, 6) is -1.47. The Morgan fingerprint density at radius 2 is 2.04 bits per heavy atom. The number of carbonyl (C=O) groups excluding carboxylic acids is 1. The van der Waals surface area contributed by atoms with Crippen molar-refractivity contribution in [3.63, 3.8) is 0 Å². The number of rotatable bonds is 6. The zero-order chi connectivity index (χ0) is 19.5. The summed E-state index contributed by atoms with van der Waals surface area (Å²) in [6.07, 6.45) is -1.77. The average Bonchev–Trinajstić information content (AvgIpc) is 2.97. The fourth-order valence-electron chi connectivity index (χ4n) is 2.05. The third-order valence-electron chi connectivity index (χ3n) is 3.30. The Bertz CT molecular complexity index is 981. The second-order valence-corrected chi connectivity index (χ2v) is 6.94. The van der Waals surface area contributed by atoms with E-state index < -0.39 is 34.7 Å². The first-order chi connectivity index (χ1) is 12.1. The summed E-state index contributed by atoms with van der Waals surface area (Å²) < 4.78 is 64.4. The van der Waals surface area contributed by atoms with Crippen LogP contribution in [0.15, 0.2) is 35.4 Å². The van der Waals surface area contributed by atoms with Crippen LogP contribution in [0.3, 0.4) is 0 Å². The minimum absolute atomic E-state index is 0.0785. The molecule has 0 bridgehead atoms. The molecule has 1 aromatic carbocycles. The van der Waals surface area contributed by atoms with Crippen molar-refractivity contribution in [2.45, 2.75) is 11.3 Å². The first-order valence-electron chi connectivity index (χ1n) is 7.09. The Labute approximate surface area is 147 Å². The van der Waals surface area contributed by atoms with Crippen LogP contribution in [0.5, 0.6) is 0 Å². The average molecular weight is 386 g/mol. The summed E-state index contributed by atoms with van der Waals surface area (Å²) in [6.45, 7) is -1.05. The first kappa shape index (κ1) is 19.5. The summed E-state index contributed by atoms with van der Waals surface area (Å²) in [6, 6.07) is 6.00. The Balaban J connectivity index is 2.23. The van der Waals surface area contributed by atoms with Gasteiger partial charge in [-0.15, -0.1) is 0 Å². The van der Waals surface area contributed by atoms with Gasteiger partial charge in [0.2, 0.25) is 10.0 Å². The maximum absolute atomic E-state index is 13.3. The maximum atomic E-state index is 13.3. The van der Waals surface area contributed by atoms with E-state index in [0.717, 1.165) is 24.4 Å². The minimum Gasteiger partial charge on any atom is -0.345 e. The largest absolute Gasteiger partial charge is 0.345 e. The molecule has 0 atom stereocenters. The summed E-state index contributed by atoms with van der Waals surface area (Å²) >= 11 is 0. The number of nitriles is 1. The molecule has 1 aromatic heterocycles. The van der Waals surface area contributed by atoms with Crippen molar-refractivity contribution in [1.29, 1.82) is 5.26 Å². The molecule has 2 N–H and O–H groups in total. The number of hydrogen-bond acceptors (Lipinski definition) is 4. The summed E-state index contributed by atoms with van der Waals surface area (Å²) in [7, 11) is -2.81. The van der Waals surface area contributed by atoms with Gasteiger partial charge < -0.3 is 9.88 Å². The van der Waals surface area contributed by atoms with Crippen LogP contribution >= 0.6 is 0 Å². The molecule has 1 amide bonds. The van der Waals surface area contributed by atoms with Gasteiger partial charge in [0.15, 0.2) is 0 Å². The molecule has 26 heavy (non-hydrogen) atoms. The number of carbonyl (C=O) groups is 1. The van der Waals surface area contributed by atoms with Crippen molar-refractivity contribution in [3.05, 3.63) is 47.5 Å². The molecule has 0 aliphatic carbocycles. The summed E-state index contributed by atoms with van der Waals surface area (Å²) in [5.41, 5.74) is -0.214. The van der Waals surface area contributed by atoms with Crippen molar-refractivity contribution in [2.75, 3.05) is 11.9 Å². The highest BCUT2D eigenvalue weighted by molar-refractivity contribution is 7.89.